The number of nitrogens with zero attached hydrogens (tertiary/aromatic N) is 1. The van der Waals surface area contributed by atoms with E-state index >= 15 is 0 Å². The van der Waals surface area contributed by atoms with Gasteiger partial charge in [0, 0.05) is 18.2 Å². The molecule has 1 aromatic carbocycles. The molecule has 2 heteroatoms. The minimum atomic E-state index is 0.702. The first-order valence-electron chi connectivity index (χ1n) is 5.25. The van der Waals surface area contributed by atoms with Crippen LogP contribution in [0.1, 0.15) is 17.9 Å². The molecular weight excluding hydrogens is 172 g/mol. The molecule has 2 rings (SSSR count). The highest BCUT2D eigenvalue weighted by Gasteiger charge is 2.20. The molecule has 0 aliphatic carbocycles. The van der Waals surface area contributed by atoms with Gasteiger partial charge in [0.05, 0.1) is 0 Å². The van der Waals surface area contributed by atoms with Gasteiger partial charge < -0.3 is 10.2 Å². The summed E-state index contributed by atoms with van der Waals surface area (Å²) in [4.78, 5) is 2.25. The number of fused-ring (bicyclic) bond motifs is 1. The van der Waals surface area contributed by atoms with Gasteiger partial charge in [-0.15, -0.1) is 0 Å². The highest BCUT2D eigenvalue weighted by molar-refractivity contribution is 5.57. The maximum atomic E-state index is 3.46. The van der Waals surface area contributed by atoms with Gasteiger partial charge in [0.2, 0.25) is 0 Å². The summed E-state index contributed by atoms with van der Waals surface area (Å²) in [6.45, 7) is 2.27. The van der Waals surface area contributed by atoms with Gasteiger partial charge in [-0.25, -0.2) is 0 Å². The van der Waals surface area contributed by atoms with Crippen molar-refractivity contribution in [3.05, 3.63) is 29.8 Å². The van der Waals surface area contributed by atoms with E-state index in [1.807, 2.05) is 0 Å². The van der Waals surface area contributed by atoms with Gasteiger partial charge in [0.1, 0.15) is 0 Å². The molecule has 1 atom stereocenters. The molecule has 0 saturated carbocycles. The molecule has 76 valence electrons. The number of benzene rings is 1. The summed E-state index contributed by atoms with van der Waals surface area (Å²) in [6, 6.07) is 8.65. The number of hydrogen-bond acceptors (Lipinski definition) is 2. The molecule has 0 spiro atoms. The van der Waals surface area contributed by atoms with E-state index in [9.17, 15) is 0 Å². The molecule has 14 heavy (non-hydrogen) atoms. The Kier molecular flexibility index (Phi) is 2.73. The Bertz CT molecular complexity index is 307. The van der Waals surface area contributed by atoms with Gasteiger partial charge in [0.15, 0.2) is 0 Å². The predicted molar refractivity (Wildman–Crippen MR) is 60.8 cm³/mol. The zero-order valence-electron chi connectivity index (χ0n) is 8.96. The molecule has 0 saturated heterocycles. The fourth-order valence-corrected chi connectivity index (χ4v) is 2.03. The van der Waals surface area contributed by atoms with E-state index in [2.05, 4.69) is 48.6 Å². The molecule has 0 aromatic heterocycles. The molecule has 2 nitrogen and oxygen atoms in total. The van der Waals surface area contributed by atoms with Gasteiger partial charge in [-0.2, -0.15) is 0 Å². The van der Waals surface area contributed by atoms with Gasteiger partial charge >= 0.3 is 0 Å². The van der Waals surface area contributed by atoms with Crippen LogP contribution in [0.15, 0.2) is 24.3 Å². The molecule has 0 fully saturated rings. The second kappa shape index (κ2) is 4.01. The lowest BCUT2D eigenvalue weighted by Crippen LogP contribution is -2.16. The molecule has 0 bridgehead atoms. The minimum absolute atomic E-state index is 0.702. The lowest BCUT2D eigenvalue weighted by molar-refractivity contribution is 0.386. The van der Waals surface area contributed by atoms with Crippen molar-refractivity contribution in [2.24, 2.45) is 0 Å². The van der Waals surface area contributed by atoms with Crippen molar-refractivity contribution in [1.82, 2.24) is 4.90 Å². The summed E-state index contributed by atoms with van der Waals surface area (Å²) in [5.74, 6) is 0.702. The summed E-state index contributed by atoms with van der Waals surface area (Å²) >= 11 is 0. The van der Waals surface area contributed by atoms with Crippen LogP contribution in [0.4, 0.5) is 5.69 Å². The molecule has 1 heterocycles. The molecule has 0 amide bonds. The monoisotopic (exact) mass is 190 g/mol. The average molecular weight is 190 g/mol. The lowest BCUT2D eigenvalue weighted by atomic mass is 9.98. The van der Waals surface area contributed by atoms with E-state index in [0.29, 0.717) is 5.92 Å². The fraction of sp³-hybridized carbons (Fsp3) is 0.500. The topological polar surface area (TPSA) is 15.3 Å². The Morgan fingerprint density at radius 3 is 2.93 bits per heavy atom. The molecule has 0 radical (unpaired) electrons. The van der Waals surface area contributed by atoms with Crippen molar-refractivity contribution in [2.45, 2.75) is 12.3 Å². The van der Waals surface area contributed by atoms with Crippen molar-refractivity contribution < 1.29 is 0 Å². The van der Waals surface area contributed by atoms with Crippen LogP contribution in [0.25, 0.3) is 0 Å². The Balaban J connectivity index is 2.03. The maximum Gasteiger partial charge on any atom is 0.0376 e. The average Bonchev–Trinajstić information content (AvgIpc) is 2.58. The Labute approximate surface area is 85.9 Å². The van der Waals surface area contributed by atoms with E-state index in [1.54, 1.807) is 0 Å². The van der Waals surface area contributed by atoms with E-state index in [0.717, 1.165) is 6.54 Å². The van der Waals surface area contributed by atoms with Crippen LogP contribution in [0.3, 0.4) is 0 Å². The van der Waals surface area contributed by atoms with Crippen molar-refractivity contribution in [1.29, 1.82) is 0 Å². The second-order valence-corrected chi connectivity index (χ2v) is 4.26. The fourth-order valence-electron chi connectivity index (χ4n) is 2.03. The highest BCUT2D eigenvalue weighted by Crippen LogP contribution is 2.32. The van der Waals surface area contributed by atoms with Crippen molar-refractivity contribution in [2.75, 3.05) is 32.5 Å². The summed E-state index contributed by atoms with van der Waals surface area (Å²) in [5, 5.41) is 3.46. The standard InChI is InChI=1S/C12H18N2/c1-14(2)8-7-10-9-13-12-6-4-3-5-11(10)12/h3-6,10,13H,7-9H2,1-2H3/t10-/m0/s1. The Morgan fingerprint density at radius 1 is 1.36 bits per heavy atom. The zero-order valence-corrected chi connectivity index (χ0v) is 8.96. The smallest absolute Gasteiger partial charge is 0.0376 e. The van der Waals surface area contributed by atoms with E-state index in [-0.39, 0.29) is 0 Å². The highest BCUT2D eigenvalue weighted by atomic mass is 15.0. The third-order valence-corrected chi connectivity index (χ3v) is 2.86. The number of hydrogen-bond donors (Lipinski definition) is 1. The number of nitrogens with one attached hydrogen (secondary N) is 1. The first kappa shape index (κ1) is 9.53. The largest absolute Gasteiger partial charge is 0.384 e. The van der Waals surface area contributed by atoms with Gasteiger partial charge in [-0.05, 0) is 38.7 Å². The first-order chi connectivity index (χ1) is 6.77. The quantitative estimate of drug-likeness (QED) is 0.785. The van der Waals surface area contributed by atoms with Crippen LogP contribution in [0.5, 0.6) is 0 Å². The van der Waals surface area contributed by atoms with Crippen molar-refractivity contribution in [3.63, 3.8) is 0 Å². The third-order valence-electron chi connectivity index (χ3n) is 2.86. The first-order valence-corrected chi connectivity index (χ1v) is 5.25. The summed E-state index contributed by atoms with van der Waals surface area (Å²) in [6.07, 6.45) is 1.25. The van der Waals surface area contributed by atoms with Crippen LogP contribution in [0.2, 0.25) is 0 Å². The van der Waals surface area contributed by atoms with E-state index < -0.39 is 0 Å². The van der Waals surface area contributed by atoms with Gasteiger partial charge in [-0.1, -0.05) is 18.2 Å². The molecule has 0 unspecified atom stereocenters. The van der Waals surface area contributed by atoms with Crippen molar-refractivity contribution in [3.8, 4) is 0 Å². The summed E-state index contributed by atoms with van der Waals surface area (Å²) < 4.78 is 0. The molecule has 1 aliphatic rings. The van der Waals surface area contributed by atoms with Gasteiger partial charge in [0.25, 0.3) is 0 Å². The van der Waals surface area contributed by atoms with Crippen LogP contribution in [-0.4, -0.2) is 32.1 Å². The molecule has 1 N–H and O–H groups in total. The van der Waals surface area contributed by atoms with Crippen LogP contribution >= 0.6 is 0 Å². The maximum absolute atomic E-state index is 3.46. The van der Waals surface area contributed by atoms with Crippen LogP contribution in [0, 0.1) is 0 Å². The van der Waals surface area contributed by atoms with Crippen LogP contribution in [-0.2, 0) is 0 Å². The number of anilines is 1. The molecule has 1 aromatic rings. The Morgan fingerprint density at radius 2 is 2.14 bits per heavy atom. The van der Waals surface area contributed by atoms with Crippen LogP contribution < -0.4 is 5.32 Å². The summed E-state index contributed by atoms with van der Waals surface area (Å²) in [5.41, 5.74) is 2.82. The van der Waals surface area contributed by atoms with E-state index in [4.69, 9.17) is 0 Å². The predicted octanol–water partition coefficient (Wildman–Crippen LogP) is 2.15. The second-order valence-electron chi connectivity index (χ2n) is 4.26. The van der Waals surface area contributed by atoms with Gasteiger partial charge in [-0.3, -0.25) is 0 Å². The molecule has 1 aliphatic heterocycles. The number of para-hydroxylation sites is 1. The molecular formula is C12H18N2. The van der Waals surface area contributed by atoms with E-state index in [1.165, 1.54) is 24.2 Å². The van der Waals surface area contributed by atoms with Crippen molar-refractivity contribution >= 4 is 5.69 Å². The zero-order chi connectivity index (χ0) is 9.97. The third kappa shape index (κ3) is 1.90. The lowest BCUT2D eigenvalue weighted by Gasteiger charge is -2.14. The Hall–Kier alpha value is -1.02. The summed E-state index contributed by atoms with van der Waals surface area (Å²) in [7, 11) is 4.27. The SMILES string of the molecule is CN(C)CC[C@H]1CNc2ccccc21. The number of rotatable bonds is 3. The minimum Gasteiger partial charge on any atom is -0.384 e. The normalized spacial score (nSPS) is 19.5.